The fourth-order valence-corrected chi connectivity index (χ4v) is 2.72. The fourth-order valence-electron chi connectivity index (χ4n) is 2.72. The highest BCUT2D eigenvalue weighted by atomic mass is 16.5. The van der Waals surface area contributed by atoms with Gasteiger partial charge in [0.1, 0.15) is 0 Å². The number of nitrogens with one attached hydrogen (secondary N) is 1. The Kier molecular flexibility index (Phi) is 6.31. The highest BCUT2D eigenvalue weighted by Gasteiger charge is 2.18. The Hall–Kier alpha value is -3.29. The van der Waals surface area contributed by atoms with Gasteiger partial charge in [0.25, 0.3) is 0 Å². The number of furan rings is 1. The molecule has 0 aliphatic rings. The second kappa shape index (κ2) is 9.07. The fraction of sp³-hybridized carbons (Fsp3) is 0.350. The maximum absolute atomic E-state index is 12.6. The van der Waals surface area contributed by atoms with Crippen molar-refractivity contribution in [3.63, 3.8) is 0 Å². The Morgan fingerprint density at radius 3 is 2.71 bits per heavy atom. The maximum atomic E-state index is 12.6. The van der Waals surface area contributed by atoms with Crippen LogP contribution in [-0.4, -0.2) is 34.9 Å². The number of nitrogens with zero attached hydrogens (tertiary/aromatic N) is 3. The molecule has 0 aliphatic carbocycles. The topological polar surface area (TPSA) is 91.4 Å². The van der Waals surface area contributed by atoms with E-state index in [2.05, 4.69) is 15.4 Å². The molecule has 0 atom stereocenters. The molecule has 1 N–H and O–H groups in total. The predicted octanol–water partition coefficient (Wildman–Crippen LogP) is 4.00. The highest BCUT2D eigenvalue weighted by Crippen LogP contribution is 2.28. The first-order chi connectivity index (χ1) is 13.7. The third-order valence-electron chi connectivity index (χ3n) is 4.23. The number of ether oxygens (including phenoxy) is 2. The zero-order valence-corrected chi connectivity index (χ0v) is 16.3. The van der Waals surface area contributed by atoms with E-state index in [4.69, 9.17) is 13.9 Å². The third-order valence-corrected chi connectivity index (χ3v) is 4.23. The number of anilines is 1. The molecule has 148 valence electrons. The van der Waals surface area contributed by atoms with E-state index in [1.165, 1.54) is 4.68 Å². The molecule has 1 aromatic carbocycles. The molecule has 0 bridgehead atoms. The molecule has 3 aromatic rings. The van der Waals surface area contributed by atoms with E-state index < -0.39 is 0 Å². The molecule has 0 unspecified atom stereocenters. The van der Waals surface area contributed by atoms with Crippen LogP contribution in [0.4, 0.5) is 5.95 Å². The van der Waals surface area contributed by atoms with Crippen LogP contribution in [0.2, 0.25) is 0 Å². The van der Waals surface area contributed by atoms with Crippen molar-refractivity contribution in [2.24, 2.45) is 0 Å². The first-order valence-electron chi connectivity index (χ1n) is 9.15. The number of carbonyl (C=O) groups is 1. The molecule has 8 nitrogen and oxygen atoms in total. The number of benzene rings is 1. The van der Waals surface area contributed by atoms with E-state index >= 15 is 0 Å². The Morgan fingerprint density at radius 2 is 2.04 bits per heavy atom. The number of aromatic nitrogens is 3. The summed E-state index contributed by atoms with van der Waals surface area (Å²) in [5.74, 6) is 2.44. The summed E-state index contributed by atoms with van der Waals surface area (Å²) in [6, 6.07) is 9.14. The first kappa shape index (κ1) is 19.5. The maximum Gasteiger partial charge on any atom is 0.250 e. The molecule has 0 saturated heterocycles. The number of methoxy groups -OCH3 is 2. The molecular formula is C20H24N4O4. The van der Waals surface area contributed by atoms with Crippen LogP contribution in [0, 0.1) is 0 Å². The Balaban J connectivity index is 1.82. The van der Waals surface area contributed by atoms with Crippen molar-refractivity contribution in [2.75, 3.05) is 19.5 Å². The van der Waals surface area contributed by atoms with Gasteiger partial charge in [-0.2, -0.15) is 9.67 Å². The summed E-state index contributed by atoms with van der Waals surface area (Å²) in [6.07, 6.45) is 3.68. The van der Waals surface area contributed by atoms with Crippen molar-refractivity contribution in [1.29, 1.82) is 0 Å². The molecule has 2 aromatic heterocycles. The Labute approximate surface area is 163 Å². The molecule has 2 heterocycles. The molecule has 0 amide bonds. The summed E-state index contributed by atoms with van der Waals surface area (Å²) in [6.45, 7) is 2.48. The van der Waals surface area contributed by atoms with Crippen LogP contribution in [0.5, 0.6) is 11.5 Å². The number of hydrogen-bond donors (Lipinski definition) is 1. The number of rotatable bonds is 9. The van der Waals surface area contributed by atoms with Crippen LogP contribution in [0.3, 0.4) is 0 Å². The molecule has 8 heteroatoms. The van der Waals surface area contributed by atoms with Crippen LogP contribution < -0.4 is 14.8 Å². The minimum absolute atomic E-state index is 0.109. The van der Waals surface area contributed by atoms with Crippen LogP contribution in [-0.2, 0) is 6.54 Å². The normalized spacial score (nSPS) is 10.7. The lowest BCUT2D eigenvalue weighted by atomic mass is 10.2. The van der Waals surface area contributed by atoms with E-state index in [1.807, 2.05) is 25.1 Å². The Morgan fingerprint density at radius 1 is 1.21 bits per heavy atom. The smallest absolute Gasteiger partial charge is 0.250 e. The lowest BCUT2D eigenvalue weighted by Crippen LogP contribution is -2.16. The van der Waals surface area contributed by atoms with Gasteiger partial charge in [-0.05, 0) is 36.2 Å². The first-order valence-corrected chi connectivity index (χ1v) is 9.15. The molecule has 0 spiro atoms. The lowest BCUT2D eigenvalue weighted by molar-refractivity contribution is 0.0886. The van der Waals surface area contributed by atoms with Gasteiger partial charge < -0.3 is 19.2 Å². The summed E-state index contributed by atoms with van der Waals surface area (Å²) < 4.78 is 17.3. The van der Waals surface area contributed by atoms with Gasteiger partial charge in [-0.15, -0.1) is 5.10 Å². The highest BCUT2D eigenvalue weighted by molar-refractivity contribution is 5.81. The SMILES string of the molecule is CCCCC(=O)n1nc(-c2ccco2)nc1NCc1ccc(OC)c(OC)c1. The van der Waals surface area contributed by atoms with Crippen LogP contribution >= 0.6 is 0 Å². The van der Waals surface area contributed by atoms with Gasteiger partial charge in [0.15, 0.2) is 17.3 Å². The van der Waals surface area contributed by atoms with Crippen molar-refractivity contribution in [2.45, 2.75) is 32.7 Å². The van der Waals surface area contributed by atoms with Gasteiger partial charge in [-0.25, -0.2) is 0 Å². The van der Waals surface area contributed by atoms with Crippen molar-refractivity contribution >= 4 is 11.9 Å². The van der Waals surface area contributed by atoms with Gasteiger partial charge in [0.05, 0.1) is 20.5 Å². The van der Waals surface area contributed by atoms with E-state index in [-0.39, 0.29) is 5.91 Å². The van der Waals surface area contributed by atoms with Gasteiger partial charge >= 0.3 is 0 Å². The third kappa shape index (κ3) is 4.33. The number of carbonyl (C=O) groups excluding carboxylic acids is 1. The second-order valence-corrected chi connectivity index (χ2v) is 6.19. The molecule has 0 radical (unpaired) electrons. The van der Waals surface area contributed by atoms with Crippen molar-refractivity contribution in [3.8, 4) is 23.1 Å². The summed E-state index contributed by atoms with van der Waals surface area (Å²) in [4.78, 5) is 17.0. The largest absolute Gasteiger partial charge is 0.493 e. The zero-order valence-electron chi connectivity index (χ0n) is 16.3. The van der Waals surface area contributed by atoms with Gasteiger partial charge in [-0.1, -0.05) is 19.4 Å². The second-order valence-electron chi connectivity index (χ2n) is 6.19. The van der Waals surface area contributed by atoms with Crippen molar-refractivity contribution in [3.05, 3.63) is 42.2 Å². The van der Waals surface area contributed by atoms with Crippen LogP contribution in [0.25, 0.3) is 11.6 Å². The van der Waals surface area contributed by atoms with E-state index in [0.717, 1.165) is 18.4 Å². The Bertz CT molecular complexity index is 918. The summed E-state index contributed by atoms with van der Waals surface area (Å²) in [7, 11) is 3.18. The lowest BCUT2D eigenvalue weighted by Gasteiger charge is -2.11. The predicted molar refractivity (Wildman–Crippen MR) is 105 cm³/mol. The summed E-state index contributed by atoms with van der Waals surface area (Å²) in [5, 5.41) is 7.52. The molecule has 0 saturated carbocycles. The van der Waals surface area contributed by atoms with Gasteiger partial charge in [0.2, 0.25) is 17.7 Å². The minimum atomic E-state index is -0.109. The number of unbranched alkanes of at least 4 members (excludes halogenated alkanes) is 1. The van der Waals surface area contributed by atoms with E-state index in [9.17, 15) is 4.79 Å². The summed E-state index contributed by atoms with van der Waals surface area (Å²) >= 11 is 0. The van der Waals surface area contributed by atoms with E-state index in [1.54, 1.807) is 32.6 Å². The molecular weight excluding hydrogens is 360 g/mol. The van der Waals surface area contributed by atoms with Crippen LogP contribution in [0.15, 0.2) is 41.0 Å². The number of hydrogen-bond acceptors (Lipinski definition) is 7. The average Bonchev–Trinajstić information content (AvgIpc) is 3.39. The van der Waals surface area contributed by atoms with Crippen LogP contribution in [0.1, 0.15) is 36.5 Å². The summed E-state index contributed by atoms with van der Waals surface area (Å²) in [5.41, 5.74) is 0.952. The monoisotopic (exact) mass is 384 g/mol. The van der Waals surface area contributed by atoms with Crippen molar-refractivity contribution < 1.29 is 18.7 Å². The molecule has 0 aliphatic heterocycles. The van der Waals surface area contributed by atoms with Gasteiger partial charge in [0, 0.05) is 13.0 Å². The van der Waals surface area contributed by atoms with E-state index in [0.29, 0.717) is 42.0 Å². The minimum Gasteiger partial charge on any atom is -0.493 e. The molecule has 28 heavy (non-hydrogen) atoms. The average molecular weight is 384 g/mol. The molecule has 0 fully saturated rings. The standard InChI is InChI=1S/C20H24N4O4/c1-4-5-8-18(25)24-20(22-19(23-24)16-7-6-11-28-16)21-13-14-9-10-15(26-2)17(12-14)27-3/h6-7,9-12H,4-5,8,13H2,1-3H3,(H,21,22,23). The van der Waals surface area contributed by atoms with Crippen molar-refractivity contribution in [1.82, 2.24) is 14.8 Å². The quantitative estimate of drug-likeness (QED) is 0.596. The molecule has 3 rings (SSSR count). The van der Waals surface area contributed by atoms with Gasteiger partial charge in [-0.3, -0.25) is 4.79 Å². The zero-order chi connectivity index (χ0) is 19.9.